The fourth-order valence-corrected chi connectivity index (χ4v) is 1.71. The van der Waals surface area contributed by atoms with Gasteiger partial charge in [0.15, 0.2) is 0 Å². The largest absolute Gasteiger partial charge is 1.00 e. The quantitative estimate of drug-likeness (QED) is 0.405. The molecule has 0 saturated carbocycles. The van der Waals surface area contributed by atoms with Crippen LogP contribution in [0.2, 0.25) is 5.02 Å². The van der Waals surface area contributed by atoms with Gasteiger partial charge in [-0.15, -0.1) is 0 Å². The molecule has 1 nitrogen and oxygen atoms in total. The Kier molecular flexibility index (Phi) is 6.86. The second kappa shape index (κ2) is 6.84. The number of halogens is 5. The van der Waals surface area contributed by atoms with Crippen LogP contribution in [0.15, 0.2) is 18.2 Å². The van der Waals surface area contributed by atoms with Crippen molar-refractivity contribution < 1.29 is 42.6 Å². The molecular weight excluding hydrogens is 386 g/mol. The molecule has 0 fully saturated rings. The first kappa shape index (κ1) is 17.1. The van der Waals surface area contributed by atoms with E-state index in [-0.39, 0.29) is 29.0 Å². The average molecular weight is 396 g/mol. The smallest absolute Gasteiger partial charge is 0.417 e. The van der Waals surface area contributed by atoms with Crippen LogP contribution in [0.25, 0.3) is 0 Å². The Bertz CT molecular complexity index is 409. The molecule has 0 bridgehead atoms. The molecule has 0 spiro atoms. The maximum absolute atomic E-state index is 12.5. The van der Waals surface area contributed by atoms with Crippen molar-refractivity contribution in [2.75, 3.05) is 6.26 Å². The number of alkyl halides is 3. The van der Waals surface area contributed by atoms with E-state index < -0.39 is 11.7 Å². The van der Waals surface area contributed by atoms with Crippen LogP contribution in [0, 0.1) is 0 Å². The highest BCUT2D eigenvalue weighted by Crippen LogP contribution is 2.35. The van der Waals surface area contributed by atoms with Crippen LogP contribution < -0.4 is 29.4 Å². The predicted molar refractivity (Wildman–Crippen MR) is 60.6 cm³/mol. The molecule has 7 heteroatoms. The Labute approximate surface area is 124 Å². The van der Waals surface area contributed by atoms with Gasteiger partial charge in [0.05, 0.1) is 17.0 Å². The summed E-state index contributed by atoms with van der Waals surface area (Å²) in [4.78, 5) is 0. The number of benzene rings is 1. The van der Waals surface area contributed by atoms with Gasteiger partial charge in [-0.3, -0.25) is 5.41 Å². The molecule has 0 atom stereocenters. The van der Waals surface area contributed by atoms with Gasteiger partial charge in [0.25, 0.3) is 0 Å². The van der Waals surface area contributed by atoms with E-state index in [4.69, 9.17) is 17.0 Å². The minimum Gasteiger partial charge on any atom is -1.00 e. The summed E-state index contributed by atoms with van der Waals surface area (Å²) < 4.78 is 37.6. The van der Waals surface area contributed by atoms with Crippen molar-refractivity contribution in [3.63, 3.8) is 0 Å². The van der Waals surface area contributed by atoms with Crippen molar-refractivity contribution in [2.45, 2.75) is 12.6 Å². The van der Waals surface area contributed by atoms with E-state index in [1.807, 2.05) is 0 Å². The highest BCUT2D eigenvalue weighted by atomic mass is 127. The van der Waals surface area contributed by atoms with E-state index in [1.165, 1.54) is 17.8 Å². The molecule has 0 aromatic heterocycles. The first-order valence-corrected chi connectivity index (χ1v) is 5.95. The Balaban J connectivity index is 0.00000256. The number of rotatable bonds is 2. The maximum Gasteiger partial charge on any atom is 0.417 e. The fraction of sp³-hybridized carbons (Fsp3) is 0.300. The lowest BCUT2D eigenvalue weighted by Crippen LogP contribution is -3.00. The van der Waals surface area contributed by atoms with E-state index in [0.29, 0.717) is 17.0 Å². The minimum absolute atomic E-state index is 0. The second-order valence-electron chi connectivity index (χ2n) is 3.16. The maximum atomic E-state index is 12.5. The van der Waals surface area contributed by atoms with Gasteiger partial charge in [-0.2, -0.15) is 13.2 Å². The van der Waals surface area contributed by atoms with E-state index in [9.17, 15) is 13.2 Å². The van der Waals surface area contributed by atoms with Crippen LogP contribution in [-0.2, 0) is 12.6 Å². The molecule has 17 heavy (non-hydrogen) atoms. The molecule has 0 aliphatic heterocycles. The second-order valence-corrected chi connectivity index (χ2v) is 4.50. The highest BCUT2D eigenvalue weighted by molar-refractivity contribution is 8.13. The summed E-state index contributed by atoms with van der Waals surface area (Å²) in [6.45, 7) is 0. The third-order valence-corrected chi connectivity index (χ3v) is 2.98. The van der Waals surface area contributed by atoms with Crippen LogP contribution >= 0.6 is 23.4 Å². The van der Waals surface area contributed by atoms with Gasteiger partial charge in [0.2, 0.25) is 5.04 Å². The van der Waals surface area contributed by atoms with Crippen LogP contribution in [-0.4, -0.2) is 11.3 Å². The van der Waals surface area contributed by atoms with Crippen molar-refractivity contribution in [3.05, 3.63) is 34.3 Å². The first-order valence-electron chi connectivity index (χ1n) is 4.35. The van der Waals surface area contributed by atoms with Crippen LogP contribution in [0.3, 0.4) is 0 Å². The number of nitrogens with two attached hydrogens (primary N) is 1. The molecule has 0 heterocycles. The molecule has 0 aliphatic rings. The van der Waals surface area contributed by atoms with Crippen molar-refractivity contribution in [1.29, 1.82) is 0 Å². The summed E-state index contributed by atoms with van der Waals surface area (Å²) >= 11 is 6.81. The predicted octanol–water partition coefficient (Wildman–Crippen LogP) is -0.574. The van der Waals surface area contributed by atoms with Crippen molar-refractivity contribution in [1.82, 2.24) is 0 Å². The normalized spacial score (nSPS) is 10.9. The third-order valence-electron chi connectivity index (χ3n) is 1.98. The Hall–Kier alpha value is 0.0500. The first-order chi connectivity index (χ1) is 7.34. The van der Waals surface area contributed by atoms with Gasteiger partial charge >= 0.3 is 6.18 Å². The van der Waals surface area contributed by atoms with E-state index in [2.05, 4.69) is 0 Å². The summed E-state index contributed by atoms with van der Waals surface area (Å²) in [7, 11) is 0. The fourth-order valence-electron chi connectivity index (χ4n) is 1.17. The van der Waals surface area contributed by atoms with Crippen molar-refractivity contribution in [2.24, 2.45) is 0 Å². The van der Waals surface area contributed by atoms with Crippen molar-refractivity contribution >= 4 is 28.4 Å². The zero-order valence-electron chi connectivity index (χ0n) is 8.81. The van der Waals surface area contributed by atoms with Gasteiger partial charge in [0, 0.05) is 0 Å². The zero-order chi connectivity index (χ0) is 12.3. The van der Waals surface area contributed by atoms with Gasteiger partial charge in [-0.05, 0) is 24.0 Å². The zero-order valence-corrected chi connectivity index (χ0v) is 12.5. The monoisotopic (exact) mass is 395 g/mol. The lowest BCUT2D eigenvalue weighted by molar-refractivity contribution is -0.137. The van der Waals surface area contributed by atoms with Gasteiger partial charge in [-0.25, -0.2) is 0 Å². The molecule has 0 amide bonds. The van der Waals surface area contributed by atoms with Gasteiger partial charge in [0.1, 0.15) is 0 Å². The summed E-state index contributed by atoms with van der Waals surface area (Å²) in [5.41, 5.74) is -0.316. The summed E-state index contributed by atoms with van der Waals surface area (Å²) in [6.07, 6.45) is -2.35. The highest BCUT2D eigenvalue weighted by Gasteiger charge is 2.33. The lowest BCUT2D eigenvalue weighted by Gasteiger charge is -2.10. The Morgan fingerprint density at radius 1 is 1.41 bits per heavy atom. The molecule has 96 valence electrons. The van der Waals surface area contributed by atoms with Crippen LogP contribution in [0.4, 0.5) is 13.2 Å². The third kappa shape index (κ3) is 5.05. The lowest BCUT2D eigenvalue weighted by atomic mass is 10.1. The van der Waals surface area contributed by atoms with Crippen LogP contribution in [0.5, 0.6) is 0 Å². The molecule has 0 aliphatic carbocycles. The molecule has 0 unspecified atom stereocenters. The Morgan fingerprint density at radius 3 is 2.47 bits per heavy atom. The number of hydrogen-bond acceptors (Lipinski definition) is 1. The summed E-state index contributed by atoms with van der Waals surface area (Å²) in [5, 5.41) is 5.84. The van der Waals surface area contributed by atoms with Gasteiger partial charge < -0.3 is 24.0 Å². The topological polar surface area (TPSA) is 25.6 Å². The average Bonchev–Trinajstić information content (AvgIpc) is 2.19. The summed E-state index contributed by atoms with van der Waals surface area (Å²) in [5.74, 6) is 0. The van der Waals surface area contributed by atoms with E-state index in [1.54, 1.807) is 12.3 Å². The van der Waals surface area contributed by atoms with E-state index in [0.717, 1.165) is 6.07 Å². The summed E-state index contributed by atoms with van der Waals surface area (Å²) in [6, 6.07) is 3.82. The molecule has 2 N–H and O–H groups in total. The molecular formula is C10H10ClF3INS. The Morgan fingerprint density at radius 2 is 2.00 bits per heavy atom. The van der Waals surface area contributed by atoms with Gasteiger partial charge in [-0.1, -0.05) is 29.4 Å². The molecule has 1 aromatic rings. The standard InChI is InChI=1S/C10H9ClF3NS.HI/c1-16-9(15)5-6-2-3-8(11)7(4-6)10(12,13)14;/h2-4,15H,5H2,1H3;1H. The number of hydrogen-bond donors (Lipinski definition) is 1. The van der Waals surface area contributed by atoms with Crippen LogP contribution in [0.1, 0.15) is 11.1 Å². The molecule has 0 saturated heterocycles. The SMILES string of the molecule is CSC(=[NH2+])Cc1ccc(Cl)c(C(F)(F)F)c1.[I-]. The number of thioether (sulfide) groups is 1. The van der Waals surface area contributed by atoms with E-state index >= 15 is 0 Å². The van der Waals surface area contributed by atoms with Crippen molar-refractivity contribution in [3.8, 4) is 0 Å². The minimum atomic E-state index is -4.43. The molecule has 0 radical (unpaired) electrons. The molecule has 1 rings (SSSR count). The molecule has 1 aromatic carbocycles.